The SMILES string of the molecule is CCNC(=NCc1cc(C(CC)CC)no1)NCCCCc1nc(C)cs1. The summed E-state index contributed by atoms with van der Waals surface area (Å²) in [7, 11) is 0. The summed E-state index contributed by atoms with van der Waals surface area (Å²) in [5.74, 6) is 2.11. The van der Waals surface area contributed by atoms with E-state index in [0.29, 0.717) is 12.5 Å². The molecule has 150 valence electrons. The van der Waals surface area contributed by atoms with Crippen molar-refractivity contribution in [1.82, 2.24) is 20.8 Å². The van der Waals surface area contributed by atoms with Gasteiger partial charge in [0, 0.05) is 36.1 Å². The summed E-state index contributed by atoms with van der Waals surface area (Å²) in [5, 5.41) is 14.2. The molecule has 0 atom stereocenters. The second kappa shape index (κ2) is 11.7. The average Bonchev–Trinajstić information content (AvgIpc) is 3.29. The molecule has 2 aromatic rings. The maximum atomic E-state index is 5.45. The maximum Gasteiger partial charge on any atom is 0.191 e. The van der Waals surface area contributed by atoms with Crippen LogP contribution in [-0.4, -0.2) is 29.2 Å². The number of unbranched alkanes of at least 4 members (excludes halogenated alkanes) is 1. The van der Waals surface area contributed by atoms with Crippen molar-refractivity contribution in [3.8, 4) is 0 Å². The lowest BCUT2D eigenvalue weighted by Gasteiger charge is -2.10. The largest absolute Gasteiger partial charge is 0.359 e. The van der Waals surface area contributed by atoms with E-state index in [2.05, 4.69) is 51.9 Å². The maximum absolute atomic E-state index is 5.45. The first kappa shape index (κ1) is 21.4. The molecule has 0 aliphatic heterocycles. The predicted octanol–water partition coefficient (Wildman–Crippen LogP) is 4.42. The first-order chi connectivity index (χ1) is 13.2. The zero-order valence-corrected chi connectivity index (χ0v) is 17.9. The Morgan fingerprint density at radius 2 is 2.04 bits per heavy atom. The summed E-state index contributed by atoms with van der Waals surface area (Å²) in [6.45, 7) is 10.7. The van der Waals surface area contributed by atoms with E-state index >= 15 is 0 Å². The third-order valence-corrected chi connectivity index (χ3v) is 5.52. The van der Waals surface area contributed by atoms with Crippen LogP contribution in [0.5, 0.6) is 0 Å². The van der Waals surface area contributed by atoms with Crippen LogP contribution in [0.15, 0.2) is 21.0 Å². The summed E-state index contributed by atoms with van der Waals surface area (Å²) >= 11 is 1.75. The standard InChI is InChI=1S/C20H33N5OS/c1-5-16(6-2)18-12-17(26-25-18)13-23-20(21-7-3)22-11-9-8-10-19-24-15(4)14-27-19/h12,14,16H,5-11,13H2,1-4H3,(H2,21,22,23). The smallest absolute Gasteiger partial charge is 0.191 e. The van der Waals surface area contributed by atoms with Crippen LogP contribution >= 0.6 is 11.3 Å². The molecule has 0 aliphatic carbocycles. The number of hydrogen-bond donors (Lipinski definition) is 2. The normalized spacial score (nSPS) is 12.0. The van der Waals surface area contributed by atoms with E-state index < -0.39 is 0 Å². The van der Waals surface area contributed by atoms with Crippen molar-refractivity contribution in [3.05, 3.63) is 33.6 Å². The lowest BCUT2D eigenvalue weighted by Crippen LogP contribution is -2.37. The van der Waals surface area contributed by atoms with Gasteiger partial charge in [-0.25, -0.2) is 9.98 Å². The molecule has 2 aromatic heterocycles. The number of guanidine groups is 1. The van der Waals surface area contributed by atoms with E-state index in [9.17, 15) is 0 Å². The Hall–Kier alpha value is -1.89. The second-order valence-corrected chi connectivity index (χ2v) is 7.64. The molecule has 0 saturated carbocycles. The van der Waals surface area contributed by atoms with Gasteiger partial charge in [-0.05, 0) is 46.0 Å². The summed E-state index contributed by atoms with van der Waals surface area (Å²) in [6, 6.07) is 2.04. The lowest BCUT2D eigenvalue weighted by atomic mass is 9.99. The molecule has 0 amide bonds. The first-order valence-corrected chi connectivity index (χ1v) is 10.9. The number of nitrogens with zero attached hydrogens (tertiary/aromatic N) is 3. The third kappa shape index (κ3) is 7.33. The Bertz CT molecular complexity index is 690. The Balaban J connectivity index is 1.76. The van der Waals surface area contributed by atoms with Crippen molar-refractivity contribution < 1.29 is 4.52 Å². The predicted molar refractivity (Wildman–Crippen MR) is 112 cm³/mol. The Morgan fingerprint density at radius 1 is 1.22 bits per heavy atom. The zero-order valence-electron chi connectivity index (χ0n) is 17.0. The third-order valence-electron chi connectivity index (χ3n) is 4.49. The van der Waals surface area contributed by atoms with E-state index in [1.165, 1.54) is 5.01 Å². The molecule has 7 heteroatoms. The van der Waals surface area contributed by atoms with Crippen molar-refractivity contribution in [2.45, 2.75) is 72.3 Å². The second-order valence-electron chi connectivity index (χ2n) is 6.69. The molecule has 6 nitrogen and oxygen atoms in total. The quantitative estimate of drug-likeness (QED) is 0.337. The highest BCUT2D eigenvalue weighted by Crippen LogP contribution is 2.22. The number of aryl methyl sites for hydroxylation is 2. The molecule has 0 aromatic carbocycles. The van der Waals surface area contributed by atoms with Crippen LogP contribution in [0.4, 0.5) is 0 Å². The zero-order chi connectivity index (χ0) is 19.5. The molecule has 0 aliphatic rings. The van der Waals surface area contributed by atoms with Crippen molar-refractivity contribution >= 4 is 17.3 Å². The monoisotopic (exact) mass is 391 g/mol. The topological polar surface area (TPSA) is 75.3 Å². The van der Waals surface area contributed by atoms with Gasteiger partial charge in [0.25, 0.3) is 0 Å². The highest BCUT2D eigenvalue weighted by Gasteiger charge is 2.12. The van der Waals surface area contributed by atoms with Gasteiger partial charge in [0.2, 0.25) is 0 Å². The molecule has 0 spiro atoms. The molecule has 27 heavy (non-hydrogen) atoms. The van der Waals surface area contributed by atoms with Gasteiger partial charge in [-0.2, -0.15) is 0 Å². The van der Waals surface area contributed by atoms with Gasteiger partial charge in [0.15, 0.2) is 11.7 Å². The number of thiazole rings is 1. The van der Waals surface area contributed by atoms with Gasteiger partial charge in [-0.1, -0.05) is 19.0 Å². The molecule has 2 heterocycles. The molecule has 0 radical (unpaired) electrons. The number of rotatable bonds is 11. The first-order valence-electron chi connectivity index (χ1n) is 10.0. The van der Waals surface area contributed by atoms with Crippen molar-refractivity contribution in [2.75, 3.05) is 13.1 Å². The fourth-order valence-corrected chi connectivity index (χ4v) is 3.75. The average molecular weight is 392 g/mol. The summed E-state index contributed by atoms with van der Waals surface area (Å²) < 4.78 is 5.45. The van der Waals surface area contributed by atoms with Gasteiger partial charge in [0.1, 0.15) is 6.54 Å². The number of nitrogens with one attached hydrogen (secondary N) is 2. The number of aliphatic imine (C=N–C) groups is 1. The number of aromatic nitrogens is 2. The van der Waals surface area contributed by atoms with Gasteiger partial charge in [-0.15, -0.1) is 11.3 Å². The van der Waals surface area contributed by atoms with E-state index in [1.54, 1.807) is 11.3 Å². The van der Waals surface area contributed by atoms with E-state index in [-0.39, 0.29) is 0 Å². The van der Waals surface area contributed by atoms with Crippen LogP contribution in [0.2, 0.25) is 0 Å². The molecular formula is C20H33N5OS. The molecule has 0 saturated heterocycles. The Kier molecular flexibility index (Phi) is 9.31. The van der Waals surface area contributed by atoms with Crippen molar-refractivity contribution in [3.63, 3.8) is 0 Å². The van der Waals surface area contributed by atoms with Gasteiger partial charge in [0.05, 0.1) is 10.7 Å². The highest BCUT2D eigenvalue weighted by molar-refractivity contribution is 7.09. The van der Waals surface area contributed by atoms with Crippen LogP contribution in [0.3, 0.4) is 0 Å². The van der Waals surface area contributed by atoms with E-state index in [0.717, 1.165) is 68.3 Å². The molecule has 0 bridgehead atoms. The molecule has 0 unspecified atom stereocenters. The Labute approximate surface area is 166 Å². The van der Waals surface area contributed by atoms with Crippen molar-refractivity contribution in [2.24, 2.45) is 4.99 Å². The van der Waals surface area contributed by atoms with Crippen LogP contribution in [-0.2, 0) is 13.0 Å². The van der Waals surface area contributed by atoms with Crippen LogP contribution in [0.25, 0.3) is 0 Å². The minimum Gasteiger partial charge on any atom is -0.359 e. The molecule has 0 fully saturated rings. The van der Waals surface area contributed by atoms with Crippen molar-refractivity contribution in [1.29, 1.82) is 0 Å². The molecule has 2 rings (SSSR count). The van der Waals surface area contributed by atoms with Crippen LogP contribution in [0.1, 0.15) is 74.5 Å². The lowest BCUT2D eigenvalue weighted by molar-refractivity contribution is 0.372. The van der Waals surface area contributed by atoms with Crippen LogP contribution < -0.4 is 10.6 Å². The molecule has 2 N–H and O–H groups in total. The molecular weight excluding hydrogens is 358 g/mol. The van der Waals surface area contributed by atoms with Crippen LogP contribution in [0, 0.1) is 6.92 Å². The van der Waals surface area contributed by atoms with E-state index in [1.807, 2.05) is 13.0 Å². The summed E-state index contributed by atoms with van der Waals surface area (Å²) in [5.41, 5.74) is 2.16. The van der Waals surface area contributed by atoms with E-state index in [4.69, 9.17) is 4.52 Å². The Morgan fingerprint density at radius 3 is 2.70 bits per heavy atom. The fourth-order valence-electron chi connectivity index (χ4n) is 2.93. The highest BCUT2D eigenvalue weighted by atomic mass is 32.1. The minimum absolute atomic E-state index is 0.472. The summed E-state index contributed by atoms with van der Waals surface area (Å²) in [6.07, 6.45) is 5.42. The number of hydrogen-bond acceptors (Lipinski definition) is 5. The van der Waals surface area contributed by atoms with Gasteiger partial charge in [-0.3, -0.25) is 0 Å². The minimum atomic E-state index is 0.472. The summed E-state index contributed by atoms with van der Waals surface area (Å²) in [4.78, 5) is 9.13. The fraction of sp³-hybridized carbons (Fsp3) is 0.650. The van der Waals surface area contributed by atoms with Gasteiger partial charge < -0.3 is 15.2 Å². The van der Waals surface area contributed by atoms with Gasteiger partial charge >= 0.3 is 0 Å².